The normalized spacial score (nSPS) is 10.5. The van der Waals surface area contributed by atoms with Gasteiger partial charge in [-0.3, -0.25) is 0 Å². The van der Waals surface area contributed by atoms with Crippen LogP contribution in [0.2, 0.25) is 5.15 Å². The van der Waals surface area contributed by atoms with Gasteiger partial charge in [-0.2, -0.15) is 8.78 Å². The highest BCUT2D eigenvalue weighted by atomic mass is 35.5. The highest BCUT2D eigenvalue weighted by Crippen LogP contribution is 2.27. The van der Waals surface area contributed by atoms with Crippen molar-refractivity contribution in [3.63, 3.8) is 0 Å². The summed E-state index contributed by atoms with van der Waals surface area (Å²) in [6.07, 6.45) is 1.27. The lowest BCUT2D eigenvalue weighted by atomic mass is 10.3. The van der Waals surface area contributed by atoms with E-state index in [4.69, 9.17) is 23.2 Å². The van der Waals surface area contributed by atoms with Crippen LogP contribution in [0.1, 0.15) is 5.56 Å². The molecular formula is C7H5Cl2F2NO. The first-order chi connectivity index (χ1) is 6.15. The Kier molecular flexibility index (Phi) is 3.69. The van der Waals surface area contributed by atoms with Crippen molar-refractivity contribution in [1.82, 2.24) is 4.98 Å². The average molecular weight is 228 g/mol. The molecule has 0 aliphatic heterocycles. The second-order valence-electron chi connectivity index (χ2n) is 2.09. The summed E-state index contributed by atoms with van der Waals surface area (Å²) in [4.78, 5) is 3.67. The maximum absolute atomic E-state index is 11.8. The third kappa shape index (κ3) is 2.67. The Balaban J connectivity index is 2.98. The molecule has 0 saturated carbocycles. The fraction of sp³-hybridized carbons (Fsp3) is 0.286. The van der Waals surface area contributed by atoms with Crippen LogP contribution in [0.4, 0.5) is 8.78 Å². The molecule has 0 spiro atoms. The van der Waals surface area contributed by atoms with Crippen LogP contribution in [0, 0.1) is 0 Å². The molecule has 72 valence electrons. The minimum absolute atomic E-state index is 0.0191. The molecule has 1 aromatic rings. The van der Waals surface area contributed by atoms with Crippen molar-refractivity contribution in [2.45, 2.75) is 12.5 Å². The zero-order chi connectivity index (χ0) is 9.84. The Morgan fingerprint density at radius 2 is 2.23 bits per heavy atom. The maximum Gasteiger partial charge on any atom is 0.387 e. The molecule has 0 radical (unpaired) electrons. The van der Waals surface area contributed by atoms with Gasteiger partial charge in [-0.05, 0) is 6.07 Å². The van der Waals surface area contributed by atoms with Crippen LogP contribution in [0.5, 0.6) is 5.75 Å². The van der Waals surface area contributed by atoms with Crippen LogP contribution in [0.25, 0.3) is 0 Å². The topological polar surface area (TPSA) is 22.1 Å². The van der Waals surface area contributed by atoms with Crippen molar-refractivity contribution in [2.24, 2.45) is 0 Å². The molecule has 2 nitrogen and oxygen atoms in total. The monoisotopic (exact) mass is 227 g/mol. The van der Waals surface area contributed by atoms with E-state index >= 15 is 0 Å². The molecule has 0 saturated heterocycles. The lowest BCUT2D eigenvalue weighted by Gasteiger charge is -2.08. The number of halogens is 4. The van der Waals surface area contributed by atoms with Gasteiger partial charge in [0, 0.05) is 11.8 Å². The van der Waals surface area contributed by atoms with Gasteiger partial charge in [0.15, 0.2) is 0 Å². The highest BCUT2D eigenvalue weighted by molar-refractivity contribution is 6.31. The van der Waals surface area contributed by atoms with Gasteiger partial charge in [0.05, 0.1) is 5.88 Å². The van der Waals surface area contributed by atoms with E-state index in [1.807, 2.05) is 0 Å². The second kappa shape index (κ2) is 4.58. The Hall–Kier alpha value is -0.610. The third-order valence-electron chi connectivity index (χ3n) is 1.31. The van der Waals surface area contributed by atoms with E-state index in [1.165, 1.54) is 12.3 Å². The minimum Gasteiger partial charge on any atom is -0.434 e. The number of aromatic nitrogens is 1. The van der Waals surface area contributed by atoms with Crippen molar-refractivity contribution >= 4 is 23.2 Å². The van der Waals surface area contributed by atoms with E-state index in [-0.39, 0.29) is 22.3 Å². The van der Waals surface area contributed by atoms with Gasteiger partial charge >= 0.3 is 6.61 Å². The minimum atomic E-state index is -2.89. The van der Waals surface area contributed by atoms with Gasteiger partial charge in [-0.25, -0.2) is 4.98 Å². The number of ether oxygens (including phenoxy) is 1. The third-order valence-corrected chi connectivity index (χ3v) is 1.90. The van der Waals surface area contributed by atoms with Crippen LogP contribution in [-0.4, -0.2) is 11.6 Å². The summed E-state index contributed by atoms with van der Waals surface area (Å²) in [5, 5.41) is 0.0770. The van der Waals surface area contributed by atoms with Gasteiger partial charge in [-0.1, -0.05) is 11.6 Å². The van der Waals surface area contributed by atoms with Gasteiger partial charge in [0.1, 0.15) is 10.9 Å². The quantitative estimate of drug-likeness (QED) is 0.585. The largest absolute Gasteiger partial charge is 0.434 e. The van der Waals surface area contributed by atoms with Crippen LogP contribution in [0.3, 0.4) is 0 Å². The van der Waals surface area contributed by atoms with Crippen LogP contribution in [-0.2, 0) is 5.88 Å². The molecule has 1 rings (SSSR count). The molecule has 0 aliphatic carbocycles. The predicted molar refractivity (Wildman–Crippen MR) is 45.4 cm³/mol. The molecule has 0 aromatic carbocycles. The summed E-state index contributed by atoms with van der Waals surface area (Å²) >= 11 is 11.1. The maximum atomic E-state index is 11.8. The van der Waals surface area contributed by atoms with E-state index in [0.29, 0.717) is 0 Å². The lowest BCUT2D eigenvalue weighted by Crippen LogP contribution is -2.04. The Morgan fingerprint density at radius 3 is 2.77 bits per heavy atom. The molecule has 13 heavy (non-hydrogen) atoms. The van der Waals surface area contributed by atoms with Crippen LogP contribution in [0.15, 0.2) is 12.3 Å². The number of nitrogens with zero attached hydrogens (tertiary/aromatic N) is 1. The first-order valence-corrected chi connectivity index (χ1v) is 4.20. The standard InChI is InChI=1S/C7H5Cl2F2NO/c8-3-4-5(13-7(10)11)1-2-12-6(4)9/h1-2,7H,3H2. The van der Waals surface area contributed by atoms with Gasteiger partial charge in [0.25, 0.3) is 0 Å². The van der Waals surface area contributed by atoms with E-state index in [2.05, 4.69) is 9.72 Å². The first-order valence-electron chi connectivity index (χ1n) is 3.29. The molecule has 0 bridgehead atoms. The molecular weight excluding hydrogens is 223 g/mol. The van der Waals surface area contributed by atoms with Gasteiger partial charge in [0.2, 0.25) is 0 Å². The summed E-state index contributed by atoms with van der Waals surface area (Å²) < 4.78 is 27.9. The van der Waals surface area contributed by atoms with Crippen LogP contribution >= 0.6 is 23.2 Å². The summed E-state index contributed by atoms with van der Waals surface area (Å²) in [6.45, 7) is -2.89. The number of hydrogen-bond acceptors (Lipinski definition) is 2. The number of alkyl halides is 3. The molecule has 1 heterocycles. The van der Waals surface area contributed by atoms with Crippen molar-refractivity contribution < 1.29 is 13.5 Å². The molecule has 1 aromatic heterocycles. The number of pyridine rings is 1. The number of hydrogen-bond donors (Lipinski definition) is 0. The fourth-order valence-electron chi connectivity index (χ4n) is 0.778. The van der Waals surface area contributed by atoms with Gasteiger partial charge in [-0.15, -0.1) is 11.6 Å². The van der Waals surface area contributed by atoms with Crippen molar-refractivity contribution in [3.05, 3.63) is 23.0 Å². The zero-order valence-corrected chi connectivity index (χ0v) is 7.82. The Morgan fingerprint density at radius 1 is 1.54 bits per heavy atom. The Bertz CT molecular complexity index is 296. The smallest absolute Gasteiger partial charge is 0.387 e. The molecule has 0 fully saturated rings. The number of rotatable bonds is 3. The summed E-state index contributed by atoms with van der Waals surface area (Å²) in [6, 6.07) is 1.29. The SMILES string of the molecule is FC(F)Oc1ccnc(Cl)c1CCl. The highest BCUT2D eigenvalue weighted by Gasteiger charge is 2.12. The second-order valence-corrected chi connectivity index (χ2v) is 2.72. The van der Waals surface area contributed by atoms with Crippen molar-refractivity contribution in [2.75, 3.05) is 0 Å². The predicted octanol–water partition coefficient (Wildman–Crippen LogP) is 3.08. The fourth-order valence-corrected chi connectivity index (χ4v) is 1.32. The Labute approximate surface area is 83.4 Å². The van der Waals surface area contributed by atoms with E-state index < -0.39 is 6.61 Å². The molecule has 6 heteroatoms. The van der Waals surface area contributed by atoms with E-state index in [1.54, 1.807) is 0 Å². The molecule has 0 unspecified atom stereocenters. The molecule has 0 aliphatic rings. The summed E-state index contributed by atoms with van der Waals surface area (Å²) in [5.74, 6) is -0.0562. The van der Waals surface area contributed by atoms with Crippen molar-refractivity contribution in [3.8, 4) is 5.75 Å². The summed E-state index contributed by atoms with van der Waals surface area (Å²) in [5.41, 5.74) is 0.270. The average Bonchev–Trinajstić information content (AvgIpc) is 2.03. The zero-order valence-electron chi connectivity index (χ0n) is 6.31. The first kappa shape index (κ1) is 10.5. The lowest BCUT2D eigenvalue weighted by molar-refractivity contribution is -0.0503. The molecule has 0 N–H and O–H groups in total. The van der Waals surface area contributed by atoms with E-state index in [0.717, 1.165) is 0 Å². The van der Waals surface area contributed by atoms with Crippen LogP contribution < -0.4 is 4.74 Å². The molecule has 0 amide bonds. The van der Waals surface area contributed by atoms with E-state index in [9.17, 15) is 8.78 Å². The van der Waals surface area contributed by atoms with Crippen molar-refractivity contribution in [1.29, 1.82) is 0 Å². The van der Waals surface area contributed by atoms with Gasteiger partial charge < -0.3 is 4.74 Å². The molecule has 0 atom stereocenters. The summed E-state index contributed by atoms with van der Waals surface area (Å²) in [7, 11) is 0.